The number of hydrogen-bond acceptors (Lipinski definition) is 6. The predicted molar refractivity (Wildman–Crippen MR) is 86.6 cm³/mol. The quantitative estimate of drug-likeness (QED) is 0.426. The number of hydrogen-bond donors (Lipinski definition) is 3. The molecule has 0 amide bonds. The lowest BCUT2D eigenvalue weighted by Crippen LogP contribution is -2.14. The van der Waals surface area contributed by atoms with Gasteiger partial charge in [-0.2, -0.15) is 0 Å². The fourth-order valence-corrected chi connectivity index (χ4v) is 1.95. The lowest BCUT2D eigenvalue weighted by Gasteiger charge is -2.03. The molecule has 0 saturated heterocycles. The summed E-state index contributed by atoms with van der Waals surface area (Å²) < 4.78 is 4.83. The van der Waals surface area contributed by atoms with Gasteiger partial charge in [0.15, 0.2) is 23.9 Å². The van der Waals surface area contributed by atoms with Crippen molar-refractivity contribution >= 4 is 17.8 Å². The molecule has 6 nitrogen and oxygen atoms in total. The van der Waals surface area contributed by atoms with E-state index in [0.29, 0.717) is 11.1 Å². The maximum Gasteiger partial charge on any atom is 0.331 e. The van der Waals surface area contributed by atoms with Gasteiger partial charge in [0, 0.05) is 12.5 Å². The fourth-order valence-electron chi connectivity index (χ4n) is 1.95. The van der Waals surface area contributed by atoms with Crippen molar-refractivity contribution in [3.05, 3.63) is 59.7 Å². The third-order valence-corrected chi connectivity index (χ3v) is 3.10. The second-order valence-corrected chi connectivity index (χ2v) is 5.07. The summed E-state index contributed by atoms with van der Waals surface area (Å²) in [5, 5.41) is 27.8. The van der Waals surface area contributed by atoms with Crippen LogP contribution in [-0.4, -0.2) is 33.7 Å². The number of carbonyl (C=O) groups is 2. The highest BCUT2D eigenvalue weighted by atomic mass is 16.5. The molecule has 0 atom stereocenters. The summed E-state index contributed by atoms with van der Waals surface area (Å²) in [7, 11) is 0. The average molecular weight is 328 g/mol. The number of Topliss-reactive ketones (excluding diaryl/α,β-unsaturated/α-hetero) is 1. The van der Waals surface area contributed by atoms with Crippen molar-refractivity contribution in [1.82, 2.24) is 0 Å². The minimum Gasteiger partial charge on any atom is -0.508 e. The zero-order valence-electron chi connectivity index (χ0n) is 12.7. The first kappa shape index (κ1) is 17.1. The SMILES string of the molecule is O=C(COC(=O)/C=C/c1ccc(O)c(O)c1)Cc1cccc(O)c1. The Bertz CT molecular complexity index is 779. The highest BCUT2D eigenvalue weighted by Crippen LogP contribution is 2.25. The summed E-state index contributed by atoms with van der Waals surface area (Å²) in [6.45, 7) is -0.375. The number of esters is 1. The summed E-state index contributed by atoms with van der Waals surface area (Å²) in [6.07, 6.45) is 2.56. The van der Waals surface area contributed by atoms with Crippen LogP contribution in [0.2, 0.25) is 0 Å². The Morgan fingerprint density at radius 1 is 1.00 bits per heavy atom. The van der Waals surface area contributed by atoms with E-state index in [0.717, 1.165) is 6.08 Å². The summed E-state index contributed by atoms with van der Waals surface area (Å²) in [4.78, 5) is 23.3. The van der Waals surface area contributed by atoms with Crippen LogP contribution in [0.15, 0.2) is 48.5 Å². The number of phenols is 3. The molecule has 0 heterocycles. The number of benzene rings is 2. The van der Waals surface area contributed by atoms with E-state index in [1.807, 2.05) is 0 Å². The second kappa shape index (κ2) is 7.82. The van der Waals surface area contributed by atoms with Crippen LogP contribution in [0, 0.1) is 0 Å². The Morgan fingerprint density at radius 3 is 2.50 bits per heavy atom. The number of carbonyl (C=O) groups excluding carboxylic acids is 2. The van der Waals surface area contributed by atoms with Gasteiger partial charge < -0.3 is 20.1 Å². The van der Waals surface area contributed by atoms with Gasteiger partial charge in [-0.05, 0) is 41.5 Å². The van der Waals surface area contributed by atoms with Gasteiger partial charge >= 0.3 is 5.97 Å². The molecule has 2 aromatic rings. The first-order chi connectivity index (χ1) is 11.4. The number of phenolic OH excluding ortho intramolecular Hbond substituents is 3. The van der Waals surface area contributed by atoms with Crippen LogP contribution in [0.25, 0.3) is 6.08 Å². The average Bonchev–Trinajstić information content (AvgIpc) is 2.54. The summed E-state index contributed by atoms with van der Waals surface area (Å²) >= 11 is 0. The Balaban J connectivity index is 1.83. The van der Waals surface area contributed by atoms with Gasteiger partial charge in [0.25, 0.3) is 0 Å². The van der Waals surface area contributed by atoms with Crippen LogP contribution in [-0.2, 0) is 20.7 Å². The van der Waals surface area contributed by atoms with Crippen LogP contribution >= 0.6 is 0 Å². The highest BCUT2D eigenvalue weighted by molar-refractivity contribution is 5.90. The van der Waals surface area contributed by atoms with E-state index in [1.54, 1.807) is 12.1 Å². The van der Waals surface area contributed by atoms with Crippen molar-refractivity contribution in [3.8, 4) is 17.2 Å². The van der Waals surface area contributed by atoms with E-state index >= 15 is 0 Å². The third kappa shape index (κ3) is 5.17. The van der Waals surface area contributed by atoms with Gasteiger partial charge in [0.05, 0.1) is 0 Å². The fraction of sp³-hybridized carbons (Fsp3) is 0.111. The van der Waals surface area contributed by atoms with E-state index in [-0.39, 0.29) is 36.1 Å². The summed E-state index contributed by atoms with van der Waals surface area (Å²) in [5.41, 5.74) is 1.12. The monoisotopic (exact) mass is 328 g/mol. The molecule has 0 fully saturated rings. The Kier molecular flexibility index (Phi) is 5.57. The van der Waals surface area contributed by atoms with Crippen LogP contribution < -0.4 is 0 Å². The number of rotatable bonds is 6. The maximum absolute atomic E-state index is 11.7. The van der Waals surface area contributed by atoms with Gasteiger partial charge in [0.1, 0.15) is 5.75 Å². The van der Waals surface area contributed by atoms with Crippen molar-refractivity contribution in [2.75, 3.05) is 6.61 Å². The Hall–Kier alpha value is -3.28. The van der Waals surface area contributed by atoms with Crippen molar-refractivity contribution in [3.63, 3.8) is 0 Å². The molecule has 3 N–H and O–H groups in total. The summed E-state index contributed by atoms with van der Waals surface area (Å²) in [5.74, 6) is -1.49. The van der Waals surface area contributed by atoms with Crippen LogP contribution in [0.4, 0.5) is 0 Å². The molecule has 0 aliphatic rings. The molecule has 0 saturated carbocycles. The van der Waals surface area contributed by atoms with E-state index < -0.39 is 5.97 Å². The van der Waals surface area contributed by atoms with Gasteiger partial charge in [0.2, 0.25) is 0 Å². The third-order valence-electron chi connectivity index (χ3n) is 3.10. The van der Waals surface area contributed by atoms with Gasteiger partial charge in [-0.25, -0.2) is 4.79 Å². The number of ether oxygens (including phenoxy) is 1. The van der Waals surface area contributed by atoms with Crippen LogP contribution in [0.1, 0.15) is 11.1 Å². The molecule has 124 valence electrons. The molecule has 0 aliphatic heterocycles. The van der Waals surface area contributed by atoms with Gasteiger partial charge in [-0.3, -0.25) is 4.79 Å². The van der Waals surface area contributed by atoms with Gasteiger partial charge in [-0.1, -0.05) is 18.2 Å². The van der Waals surface area contributed by atoms with Crippen molar-refractivity contribution in [2.45, 2.75) is 6.42 Å². The van der Waals surface area contributed by atoms with Crippen LogP contribution in [0.3, 0.4) is 0 Å². The lowest BCUT2D eigenvalue weighted by molar-refractivity contribution is -0.142. The molecule has 0 bridgehead atoms. The molecule has 2 rings (SSSR count). The maximum atomic E-state index is 11.7. The molecule has 0 spiro atoms. The Labute approximate surface area is 138 Å². The van der Waals surface area contributed by atoms with Gasteiger partial charge in [-0.15, -0.1) is 0 Å². The molecule has 6 heteroatoms. The second-order valence-electron chi connectivity index (χ2n) is 5.07. The highest BCUT2D eigenvalue weighted by Gasteiger charge is 2.07. The molecule has 0 radical (unpaired) electrons. The zero-order chi connectivity index (χ0) is 17.5. The zero-order valence-corrected chi connectivity index (χ0v) is 12.7. The van der Waals surface area contributed by atoms with E-state index in [9.17, 15) is 24.9 Å². The molecular formula is C18H16O6. The van der Waals surface area contributed by atoms with Crippen molar-refractivity contribution in [1.29, 1.82) is 0 Å². The first-order valence-electron chi connectivity index (χ1n) is 7.10. The molecule has 0 aliphatic carbocycles. The van der Waals surface area contributed by atoms with Crippen LogP contribution in [0.5, 0.6) is 17.2 Å². The normalized spacial score (nSPS) is 10.7. The predicted octanol–water partition coefficient (Wildman–Crippen LogP) is 2.17. The van der Waals surface area contributed by atoms with E-state index in [2.05, 4.69) is 0 Å². The standard InChI is InChI=1S/C18H16O6/c19-14-3-1-2-13(8-14)9-15(20)11-24-18(23)7-5-12-4-6-16(21)17(22)10-12/h1-8,10,19,21-22H,9,11H2/b7-5+. The first-order valence-corrected chi connectivity index (χ1v) is 7.10. The smallest absolute Gasteiger partial charge is 0.331 e. The lowest BCUT2D eigenvalue weighted by atomic mass is 10.1. The molecular weight excluding hydrogens is 312 g/mol. The number of aromatic hydroxyl groups is 3. The molecule has 24 heavy (non-hydrogen) atoms. The van der Waals surface area contributed by atoms with E-state index in [1.165, 1.54) is 36.4 Å². The number of ketones is 1. The largest absolute Gasteiger partial charge is 0.508 e. The molecule has 0 aromatic heterocycles. The Morgan fingerprint density at radius 2 is 1.79 bits per heavy atom. The van der Waals surface area contributed by atoms with E-state index in [4.69, 9.17) is 4.74 Å². The minimum atomic E-state index is -0.702. The minimum absolute atomic E-state index is 0.0528. The van der Waals surface area contributed by atoms with Crippen molar-refractivity contribution in [2.24, 2.45) is 0 Å². The van der Waals surface area contributed by atoms with Crippen molar-refractivity contribution < 1.29 is 29.6 Å². The topological polar surface area (TPSA) is 104 Å². The summed E-state index contributed by atoms with van der Waals surface area (Å²) in [6, 6.07) is 10.4. The molecule has 2 aromatic carbocycles. The molecule has 0 unspecified atom stereocenters.